The predicted molar refractivity (Wildman–Crippen MR) is 80.5 cm³/mol. The second-order valence-corrected chi connectivity index (χ2v) is 6.03. The van der Waals surface area contributed by atoms with Crippen LogP contribution >= 0.6 is 0 Å². The van der Waals surface area contributed by atoms with E-state index in [0.29, 0.717) is 44.2 Å². The second kappa shape index (κ2) is 6.16. The van der Waals surface area contributed by atoms with Crippen molar-refractivity contribution < 1.29 is 24.1 Å². The third kappa shape index (κ3) is 2.54. The van der Waals surface area contributed by atoms with E-state index < -0.39 is 11.4 Å². The minimum Gasteiger partial charge on any atom is -0.486 e. The van der Waals surface area contributed by atoms with Crippen LogP contribution in [0.1, 0.15) is 43.2 Å². The van der Waals surface area contributed by atoms with Crippen molar-refractivity contribution in [2.45, 2.75) is 44.1 Å². The fraction of sp³-hybridized carbons (Fsp3) is 0.588. The number of methoxy groups -OCH3 is 1. The maximum atomic E-state index is 12.1. The van der Waals surface area contributed by atoms with E-state index in [9.17, 15) is 9.90 Å². The molecule has 0 radical (unpaired) electrons. The van der Waals surface area contributed by atoms with Gasteiger partial charge in [0.2, 0.25) is 0 Å². The molecule has 1 fully saturated rings. The fourth-order valence-electron chi connectivity index (χ4n) is 3.61. The summed E-state index contributed by atoms with van der Waals surface area (Å²) in [6.07, 6.45) is 4.30. The molecule has 5 heteroatoms. The first-order chi connectivity index (χ1) is 10.7. The van der Waals surface area contributed by atoms with E-state index in [1.807, 2.05) is 12.1 Å². The van der Waals surface area contributed by atoms with Crippen molar-refractivity contribution in [2.24, 2.45) is 0 Å². The average molecular weight is 306 g/mol. The Kier molecular flexibility index (Phi) is 4.25. The van der Waals surface area contributed by atoms with Crippen LogP contribution in [0.25, 0.3) is 0 Å². The highest BCUT2D eigenvalue weighted by Crippen LogP contribution is 2.45. The molecular weight excluding hydrogens is 284 g/mol. The molecule has 1 N–H and O–H groups in total. The number of carboxylic acid groups (broad SMARTS) is 1. The molecule has 0 amide bonds. The zero-order valence-corrected chi connectivity index (χ0v) is 12.9. The zero-order valence-electron chi connectivity index (χ0n) is 12.9. The lowest BCUT2D eigenvalue weighted by Gasteiger charge is -2.36. The van der Waals surface area contributed by atoms with Gasteiger partial charge in [0.15, 0.2) is 11.5 Å². The van der Waals surface area contributed by atoms with E-state index in [1.54, 1.807) is 7.11 Å². The Morgan fingerprint density at radius 3 is 2.41 bits per heavy atom. The van der Waals surface area contributed by atoms with Crippen LogP contribution in [0.2, 0.25) is 0 Å². The van der Waals surface area contributed by atoms with Crippen molar-refractivity contribution in [3.05, 3.63) is 23.3 Å². The molecule has 3 rings (SSSR count). The number of carbonyl (C=O) groups is 1. The summed E-state index contributed by atoms with van der Waals surface area (Å²) in [5.74, 6) is 0.576. The standard InChI is InChI=1S/C17H22O5/c1-20-11-12-9-14-15(22-8-7-21-14)10-13(12)17(16(18)19)5-3-2-4-6-17/h9-10H,2-8,11H2,1H3,(H,18,19). The van der Waals surface area contributed by atoms with Crippen LogP contribution in [0, 0.1) is 0 Å². The van der Waals surface area contributed by atoms with Crippen LogP contribution in [0.15, 0.2) is 12.1 Å². The highest BCUT2D eigenvalue weighted by Gasteiger charge is 2.43. The first kappa shape index (κ1) is 15.2. The average Bonchev–Trinajstić information content (AvgIpc) is 2.55. The molecule has 1 aliphatic carbocycles. The lowest BCUT2D eigenvalue weighted by atomic mass is 9.68. The van der Waals surface area contributed by atoms with Crippen LogP contribution < -0.4 is 9.47 Å². The van der Waals surface area contributed by atoms with Crippen molar-refractivity contribution in [1.29, 1.82) is 0 Å². The molecule has 1 heterocycles. The minimum absolute atomic E-state index is 0.376. The quantitative estimate of drug-likeness (QED) is 0.926. The number of rotatable bonds is 4. The monoisotopic (exact) mass is 306 g/mol. The van der Waals surface area contributed by atoms with E-state index in [1.165, 1.54) is 0 Å². The molecule has 0 spiro atoms. The number of ether oxygens (including phenoxy) is 3. The van der Waals surface area contributed by atoms with Crippen molar-refractivity contribution in [3.63, 3.8) is 0 Å². The van der Waals surface area contributed by atoms with Crippen molar-refractivity contribution in [2.75, 3.05) is 20.3 Å². The highest BCUT2D eigenvalue weighted by molar-refractivity contribution is 5.82. The molecule has 0 unspecified atom stereocenters. The summed E-state index contributed by atoms with van der Waals surface area (Å²) < 4.78 is 16.6. The zero-order chi connectivity index (χ0) is 15.6. The molecular formula is C17H22O5. The van der Waals surface area contributed by atoms with E-state index >= 15 is 0 Å². The van der Waals surface area contributed by atoms with Gasteiger partial charge in [0.1, 0.15) is 13.2 Å². The third-order valence-electron chi connectivity index (χ3n) is 4.70. The fourth-order valence-corrected chi connectivity index (χ4v) is 3.61. The summed E-state index contributed by atoms with van der Waals surface area (Å²) >= 11 is 0. The van der Waals surface area contributed by atoms with Gasteiger partial charge in [-0.1, -0.05) is 19.3 Å². The van der Waals surface area contributed by atoms with E-state index in [2.05, 4.69) is 0 Å². The molecule has 22 heavy (non-hydrogen) atoms. The lowest BCUT2D eigenvalue weighted by Crippen LogP contribution is -2.39. The summed E-state index contributed by atoms with van der Waals surface area (Å²) in [5.41, 5.74) is 0.879. The molecule has 0 bridgehead atoms. The van der Waals surface area contributed by atoms with Gasteiger partial charge in [-0.25, -0.2) is 0 Å². The first-order valence-electron chi connectivity index (χ1n) is 7.83. The van der Waals surface area contributed by atoms with Crippen LogP contribution in [-0.2, 0) is 21.6 Å². The number of carboxylic acids is 1. The Morgan fingerprint density at radius 2 is 1.82 bits per heavy atom. The summed E-state index contributed by atoms with van der Waals surface area (Å²) in [6.45, 7) is 1.39. The van der Waals surface area contributed by atoms with Crippen molar-refractivity contribution in [1.82, 2.24) is 0 Å². The van der Waals surface area contributed by atoms with E-state index in [-0.39, 0.29) is 0 Å². The molecule has 1 aromatic rings. The van der Waals surface area contributed by atoms with Crippen LogP contribution in [0.4, 0.5) is 0 Å². The van der Waals surface area contributed by atoms with Crippen LogP contribution in [-0.4, -0.2) is 31.4 Å². The van der Waals surface area contributed by atoms with Gasteiger partial charge in [-0.05, 0) is 36.1 Å². The Hall–Kier alpha value is -1.75. The number of hydrogen-bond donors (Lipinski definition) is 1. The predicted octanol–water partition coefficient (Wildman–Crippen LogP) is 2.89. The SMILES string of the molecule is COCc1cc2c(cc1C1(C(=O)O)CCCCC1)OCCO2. The van der Waals surface area contributed by atoms with Crippen molar-refractivity contribution in [3.8, 4) is 11.5 Å². The number of aliphatic carboxylic acids is 1. The molecule has 1 aromatic carbocycles. The van der Waals surface area contributed by atoms with Gasteiger partial charge in [0.05, 0.1) is 12.0 Å². The maximum absolute atomic E-state index is 12.1. The summed E-state index contributed by atoms with van der Waals surface area (Å²) in [7, 11) is 1.62. The van der Waals surface area contributed by atoms with Gasteiger partial charge in [0, 0.05) is 7.11 Å². The van der Waals surface area contributed by atoms with Crippen LogP contribution in [0.5, 0.6) is 11.5 Å². The van der Waals surface area contributed by atoms with Gasteiger partial charge in [-0.15, -0.1) is 0 Å². The van der Waals surface area contributed by atoms with Gasteiger partial charge < -0.3 is 19.3 Å². The minimum atomic E-state index is -0.831. The largest absolute Gasteiger partial charge is 0.486 e. The number of benzene rings is 1. The normalized spacial score (nSPS) is 19.7. The van der Waals surface area contributed by atoms with Crippen LogP contribution in [0.3, 0.4) is 0 Å². The van der Waals surface area contributed by atoms with Gasteiger partial charge in [-0.2, -0.15) is 0 Å². The molecule has 2 aliphatic rings. The van der Waals surface area contributed by atoms with Gasteiger partial charge in [0.25, 0.3) is 0 Å². The smallest absolute Gasteiger partial charge is 0.314 e. The molecule has 120 valence electrons. The molecule has 0 aromatic heterocycles. The van der Waals surface area contributed by atoms with Crippen molar-refractivity contribution >= 4 is 5.97 Å². The first-order valence-corrected chi connectivity index (χ1v) is 7.83. The number of hydrogen-bond acceptors (Lipinski definition) is 4. The Bertz CT molecular complexity index is 560. The Balaban J connectivity index is 2.11. The summed E-state index contributed by atoms with van der Waals surface area (Å²) in [4.78, 5) is 12.1. The molecule has 0 atom stereocenters. The van der Waals surface area contributed by atoms with E-state index in [4.69, 9.17) is 14.2 Å². The maximum Gasteiger partial charge on any atom is 0.314 e. The Labute approximate surface area is 130 Å². The Morgan fingerprint density at radius 1 is 1.18 bits per heavy atom. The van der Waals surface area contributed by atoms with Gasteiger partial charge in [-0.3, -0.25) is 4.79 Å². The molecule has 1 aliphatic heterocycles. The number of fused-ring (bicyclic) bond motifs is 1. The molecule has 5 nitrogen and oxygen atoms in total. The lowest BCUT2D eigenvalue weighted by molar-refractivity contribution is -0.145. The highest BCUT2D eigenvalue weighted by atomic mass is 16.6. The molecule has 1 saturated carbocycles. The summed E-state index contributed by atoms with van der Waals surface area (Å²) in [6, 6.07) is 3.74. The second-order valence-electron chi connectivity index (χ2n) is 6.03. The topological polar surface area (TPSA) is 65.0 Å². The molecule has 0 saturated heterocycles. The summed E-state index contributed by atoms with van der Waals surface area (Å²) in [5, 5.41) is 9.93. The van der Waals surface area contributed by atoms with Gasteiger partial charge >= 0.3 is 5.97 Å². The van der Waals surface area contributed by atoms with E-state index in [0.717, 1.165) is 30.4 Å². The third-order valence-corrected chi connectivity index (χ3v) is 4.70.